The molecule has 0 unspecified atom stereocenters. The number of carbonyl (C=O) groups excluding carboxylic acids is 1. The molecule has 148 valence electrons. The summed E-state index contributed by atoms with van der Waals surface area (Å²) in [5.41, 5.74) is 1.78. The summed E-state index contributed by atoms with van der Waals surface area (Å²) in [5, 5.41) is 6.49. The summed E-state index contributed by atoms with van der Waals surface area (Å²) >= 11 is 0. The van der Waals surface area contributed by atoms with Gasteiger partial charge in [0.2, 0.25) is 11.9 Å². The maximum atomic E-state index is 13.6. The number of hydrogen-bond donors (Lipinski definition) is 2. The lowest BCUT2D eigenvalue weighted by Crippen LogP contribution is -2.48. The molecule has 1 aromatic heterocycles. The molecule has 6 nitrogen and oxygen atoms in total. The third kappa shape index (κ3) is 4.47. The fraction of sp³-hybridized carbons (Fsp3) is 0.476. The summed E-state index contributed by atoms with van der Waals surface area (Å²) in [5.74, 6) is 0.505. The van der Waals surface area contributed by atoms with Crippen LogP contribution in [0.4, 0.5) is 10.3 Å². The van der Waals surface area contributed by atoms with E-state index in [1.54, 1.807) is 6.07 Å². The van der Waals surface area contributed by atoms with E-state index >= 15 is 0 Å². The van der Waals surface area contributed by atoms with Crippen molar-refractivity contribution in [3.63, 3.8) is 0 Å². The topological polar surface area (TPSA) is 70.2 Å². The van der Waals surface area contributed by atoms with Gasteiger partial charge in [-0.3, -0.25) is 4.79 Å². The first-order valence-electron chi connectivity index (χ1n) is 10.0. The summed E-state index contributed by atoms with van der Waals surface area (Å²) in [6.07, 6.45) is 8.57. The summed E-state index contributed by atoms with van der Waals surface area (Å²) in [6, 6.07) is 6.21. The summed E-state index contributed by atoms with van der Waals surface area (Å²) in [6.45, 7) is 2.65. The van der Waals surface area contributed by atoms with Gasteiger partial charge < -0.3 is 15.5 Å². The van der Waals surface area contributed by atoms with Gasteiger partial charge in [0, 0.05) is 50.1 Å². The Balaban J connectivity index is 1.40. The first-order valence-corrected chi connectivity index (χ1v) is 10.0. The van der Waals surface area contributed by atoms with Crippen LogP contribution in [0.1, 0.15) is 49.3 Å². The van der Waals surface area contributed by atoms with E-state index in [0.717, 1.165) is 30.2 Å². The molecule has 2 atom stereocenters. The highest BCUT2D eigenvalue weighted by Gasteiger charge is 2.29. The molecule has 1 aromatic carbocycles. The molecule has 0 spiro atoms. The van der Waals surface area contributed by atoms with Crippen molar-refractivity contribution in [3.8, 4) is 0 Å². The molecular weight excluding hydrogens is 357 g/mol. The zero-order valence-corrected chi connectivity index (χ0v) is 15.9. The highest BCUT2D eigenvalue weighted by molar-refractivity contribution is 5.77. The van der Waals surface area contributed by atoms with Gasteiger partial charge >= 0.3 is 0 Å². The third-order valence-corrected chi connectivity index (χ3v) is 5.51. The average Bonchev–Trinajstić information content (AvgIpc) is 2.74. The Labute approximate surface area is 164 Å². The minimum Gasteiger partial charge on any atom is -0.348 e. The Morgan fingerprint density at radius 1 is 1.18 bits per heavy atom. The number of nitrogens with zero attached hydrogens (tertiary/aromatic N) is 3. The highest BCUT2D eigenvalue weighted by atomic mass is 19.1. The monoisotopic (exact) mass is 383 g/mol. The summed E-state index contributed by atoms with van der Waals surface area (Å²) in [4.78, 5) is 23.2. The van der Waals surface area contributed by atoms with Crippen LogP contribution in [0.25, 0.3) is 0 Å². The summed E-state index contributed by atoms with van der Waals surface area (Å²) in [7, 11) is 0. The second-order valence-corrected chi connectivity index (χ2v) is 7.57. The van der Waals surface area contributed by atoms with Crippen LogP contribution in [-0.2, 0) is 11.3 Å². The smallest absolute Gasteiger partial charge is 0.225 e. The Hall–Kier alpha value is -2.54. The van der Waals surface area contributed by atoms with Crippen LogP contribution in [0, 0.1) is 5.82 Å². The molecule has 0 saturated carbocycles. The number of piperidine rings is 2. The van der Waals surface area contributed by atoms with E-state index in [9.17, 15) is 9.18 Å². The fourth-order valence-corrected chi connectivity index (χ4v) is 3.98. The van der Waals surface area contributed by atoms with E-state index < -0.39 is 0 Å². The molecule has 2 aromatic rings. The zero-order chi connectivity index (χ0) is 19.3. The van der Waals surface area contributed by atoms with Crippen LogP contribution < -0.4 is 15.5 Å². The molecule has 2 aliphatic rings. The third-order valence-electron chi connectivity index (χ3n) is 5.51. The van der Waals surface area contributed by atoms with E-state index in [1.807, 2.05) is 18.5 Å². The Kier molecular flexibility index (Phi) is 5.81. The van der Waals surface area contributed by atoms with Crippen LogP contribution in [0.15, 0.2) is 36.7 Å². The molecule has 2 saturated heterocycles. The van der Waals surface area contributed by atoms with Crippen LogP contribution in [0.2, 0.25) is 0 Å². The molecule has 4 rings (SSSR count). The first-order chi connectivity index (χ1) is 13.7. The van der Waals surface area contributed by atoms with Crippen molar-refractivity contribution in [1.29, 1.82) is 0 Å². The SMILES string of the molecule is O=C1CC[C@@H](NCc2cnc(N3CCCCC3)nc2)[C@H](c2cccc(F)c2)N1. The number of hydrogen-bond acceptors (Lipinski definition) is 5. The molecule has 2 aliphatic heterocycles. The van der Waals surface area contributed by atoms with Crippen molar-refractivity contribution in [2.45, 2.75) is 50.7 Å². The van der Waals surface area contributed by atoms with Gasteiger partial charge in [0.15, 0.2) is 0 Å². The number of nitrogens with one attached hydrogen (secondary N) is 2. The van der Waals surface area contributed by atoms with E-state index in [1.165, 1.54) is 31.4 Å². The van der Waals surface area contributed by atoms with Gasteiger partial charge in [-0.2, -0.15) is 0 Å². The van der Waals surface area contributed by atoms with Crippen molar-refractivity contribution in [1.82, 2.24) is 20.6 Å². The number of anilines is 1. The van der Waals surface area contributed by atoms with Crippen molar-refractivity contribution >= 4 is 11.9 Å². The molecular formula is C21H26FN5O. The largest absolute Gasteiger partial charge is 0.348 e. The Morgan fingerprint density at radius 3 is 2.71 bits per heavy atom. The van der Waals surface area contributed by atoms with Crippen LogP contribution >= 0.6 is 0 Å². The van der Waals surface area contributed by atoms with Crippen LogP contribution in [-0.4, -0.2) is 35.0 Å². The lowest BCUT2D eigenvalue weighted by molar-refractivity contribution is -0.123. The van der Waals surface area contributed by atoms with Gasteiger partial charge in [-0.25, -0.2) is 14.4 Å². The van der Waals surface area contributed by atoms with E-state index in [0.29, 0.717) is 19.4 Å². The minimum atomic E-state index is -0.294. The maximum Gasteiger partial charge on any atom is 0.225 e. The van der Waals surface area contributed by atoms with E-state index in [2.05, 4.69) is 25.5 Å². The van der Waals surface area contributed by atoms with Gasteiger partial charge in [-0.15, -0.1) is 0 Å². The molecule has 0 bridgehead atoms. The normalized spacial score (nSPS) is 22.8. The molecule has 2 fully saturated rings. The number of rotatable bonds is 5. The molecule has 3 heterocycles. The first kappa shape index (κ1) is 18.8. The zero-order valence-electron chi connectivity index (χ0n) is 15.9. The van der Waals surface area contributed by atoms with E-state index in [4.69, 9.17) is 0 Å². The number of amides is 1. The molecule has 28 heavy (non-hydrogen) atoms. The minimum absolute atomic E-state index is 0.00142. The number of halogens is 1. The van der Waals surface area contributed by atoms with Crippen LogP contribution in [0.5, 0.6) is 0 Å². The van der Waals surface area contributed by atoms with Crippen molar-refractivity contribution in [3.05, 3.63) is 53.6 Å². The molecule has 1 amide bonds. The predicted octanol–water partition coefficient (Wildman–Crippen LogP) is 2.72. The molecule has 0 aliphatic carbocycles. The lowest BCUT2D eigenvalue weighted by atomic mass is 9.91. The second-order valence-electron chi connectivity index (χ2n) is 7.57. The number of carbonyl (C=O) groups is 1. The maximum absolute atomic E-state index is 13.6. The van der Waals surface area contributed by atoms with Gasteiger partial charge in [-0.1, -0.05) is 12.1 Å². The van der Waals surface area contributed by atoms with E-state index in [-0.39, 0.29) is 23.8 Å². The van der Waals surface area contributed by atoms with Crippen molar-refractivity contribution < 1.29 is 9.18 Å². The van der Waals surface area contributed by atoms with Gasteiger partial charge in [0.25, 0.3) is 0 Å². The van der Waals surface area contributed by atoms with Gasteiger partial charge in [0.1, 0.15) is 5.82 Å². The molecule has 0 radical (unpaired) electrons. The molecule has 2 N–H and O–H groups in total. The Morgan fingerprint density at radius 2 is 1.96 bits per heavy atom. The molecule has 7 heteroatoms. The average molecular weight is 383 g/mol. The van der Waals surface area contributed by atoms with Crippen LogP contribution in [0.3, 0.4) is 0 Å². The second kappa shape index (κ2) is 8.65. The quantitative estimate of drug-likeness (QED) is 0.831. The van der Waals surface area contributed by atoms with Gasteiger partial charge in [0.05, 0.1) is 6.04 Å². The fourth-order valence-electron chi connectivity index (χ4n) is 3.98. The van der Waals surface area contributed by atoms with Crippen molar-refractivity contribution in [2.24, 2.45) is 0 Å². The summed E-state index contributed by atoms with van der Waals surface area (Å²) < 4.78 is 13.6. The number of benzene rings is 1. The Bertz CT molecular complexity index is 807. The van der Waals surface area contributed by atoms with Gasteiger partial charge in [-0.05, 0) is 43.4 Å². The van der Waals surface area contributed by atoms with Crippen molar-refractivity contribution in [2.75, 3.05) is 18.0 Å². The predicted molar refractivity (Wildman–Crippen MR) is 105 cm³/mol. The highest BCUT2D eigenvalue weighted by Crippen LogP contribution is 2.25. The number of aromatic nitrogens is 2. The standard InChI is InChI=1S/C21H26FN5O/c22-17-6-4-5-16(11-17)20-18(7-8-19(28)26-20)23-12-15-13-24-21(25-14-15)27-9-2-1-3-10-27/h4-6,11,13-14,18,20,23H,1-3,7-10,12H2,(H,26,28)/t18-,20+/m1/s1. The lowest BCUT2D eigenvalue weighted by Gasteiger charge is -2.33.